The Bertz CT molecular complexity index is 728. The van der Waals surface area contributed by atoms with Crippen LogP contribution in [0.4, 0.5) is 5.82 Å². The lowest BCUT2D eigenvalue weighted by Crippen LogP contribution is -2.37. The number of anilines is 1. The average molecular weight is 370 g/mol. The molecule has 6 heteroatoms. The number of hydrogen-bond donors (Lipinski definition) is 2. The normalized spacial score (nSPS) is 12.4. The van der Waals surface area contributed by atoms with Crippen molar-refractivity contribution in [3.63, 3.8) is 0 Å². The Kier molecular flexibility index (Phi) is 7.92. The molecular weight excluding hydrogens is 338 g/mol. The Morgan fingerprint density at radius 3 is 2.56 bits per heavy atom. The van der Waals surface area contributed by atoms with Crippen molar-refractivity contribution in [2.45, 2.75) is 25.8 Å². The van der Waals surface area contributed by atoms with Crippen LogP contribution in [0.2, 0.25) is 0 Å². The summed E-state index contributed by atoms with van der Waals surface area (Å²) >= 11 is 0. The smallest absolute Gasteiger partial charge is 0.191 e. The van der Waals surface area contributed by atoms with Crippen LogP contribution in [0, 0.1) is 0 Å². The topological polar surface area (TPSA) is 61.8 Å². The molecule has 1 aromatic carbocycles. The number of pyridine rings is 1. The van der Waals surface area contributed by atoms with Crippen molar-refractivity contribution in [2.24, 2.45) is 4.99 Å². The van der Waals surface area contributed by atoms with E-state index in [1.807, 2.05) is 43.4 Å². The SMILES string of the molecule is CN=C(NCCC(C)c1ccc(OC)cc1)NCc1ccnc(N(C)C)c1. The molecule has 0 aliphatic carbocycles. The molecule has 2 aromatic rings. The highest BCUT2D eigenvalue weighted by atomic mass is 16.5. The quantitative estimate of drug-likeness (QED) is 0.553. The second kappa shape index (κ2) is 10.4. The molecule has 1 aromatic heterocycles. The highest BCUT2D eigenvalue weighted by molar-refractivity contribution is 5.79. The highest BCUT2D eigenvalue weighted by Gasteiger charge is 2.07. The minimum atomic E-state index is 0.462. The van der Waals surface area contributed by atoms with Crippen molar-refractivity contribution in [3.05, 3.63) is 53.7 Å². The lowest BCUT2D eigenvalue weighted by atomic mass is 9.98. The first-order valence-corrected chi connectivity index (χ1v) is 9.24. The first kappa shape index (κ1) is 20.6. The number of nitrogens with zero attached hydrogens (tertiary/aromatic N) is 3. The Hall–Kier alpha value is -2.76. The molecule has 0 saturated carbocycles. The largest absolute Gasteiger partial charge is 0.497 e. The average Bonchev–Trinajstić information content (AvgIpc) is 2.70. The molecule has 0 amide bonds. The Morgan fingerprint density at radius 2 is 1.93 bits per heavy atom. The first-order chi connectivity index (χ1) is 13.0. The highest BCUT2D eigenvalue weighted by Crippen LogP contribution is 2.21. The van der Waals surface area contributed by atoms with Gasteiger partial charge in [0.2, 0.25) is 0 Å². The van der Waals surface area contributed by atoms with Crippen molar-refractivity contribution in [3.8, 4) is 5.75 Å². The van der Waals surface area contributed by atoms with Gasteiger partial charge >= 0.3 is 0 Å². The summed E-state index contributed by atoms with van der Waals surface area (Å²) in [7, 11) is 7.46. The van der Waals surface area contributed by atoms with E-state index in [0.29, 0.717) is 12.5 Å². The molecule has 0 fully saturated rings. The van der Waals surface area contributed by atoms with Gasteiger partial charge in [0.25, 0.3) is 0 Å². The number of aromatic nitrogens is 1. The molecule has 1 unspecified atom stereocenters. The van der Waals surface area contributed by atoms with Crippen molar-refractivity contribution in [1.82, 2.24) is 15.6 Å². The summed E-state index contributed by atoms with van der Waals surface area (Å²) in [6.45, 7) is 3.79. The van der Waals surface area contributed by atoms with Crippen LogP contribution in [0.1, 0.15) is 30.4 Å². The molecule has 1 atom stereocenters. The van der Waals surface area contributed by atoms with Crippen LogP contribution in [0.5, 0.6) is 5.75 Å². The van der Waals surface area contributed by atoms with E-state index in [1.54, 1.807) is 14.2 Å². The van der Waals surface area contributed by atoms with Gasteiger partial charge in [0, 0.05) is 40.4 Å². The minimum Gasteiger partial charge on any atom is -0.497 e. The fourth-order valence-corrected chi connectivity index (χ4v) is 2.73. The summed E-state index contributed by atoms with van der Waals surface area (Å²) in [6.07, 6.45) is 2.85. The molecule has 146 valence electrons. The standard InChI is InChI=1S/C21H31N5O/c1-16(18-6-8-19(27-5)9-7-18)10-12-24-21(22-2)25-15-17-11-13-23-20(14-17)26(3)4/h6-9,11,13-14,16H,10,12,15H2,1-5H3,(H2,22,24,25). The third kappa shape index (κ3) is 6.47. The van der Waals surface area contributed by atoms with Crippen LogP contribution in [-0.2, 0) is 6.54 Å². The number of hydrogen-bond acceptors (Lipinski definition) is 4. The zero-order valence-corrected chi connectivity index (χ0v) is 17.0. The van der Waals surface area contributed by atoms with Gasteiger partial charge in [-0.05, 0) is 47.7 Å². The molecular formula is C21H31N5O. The van der Waals surface area contributed by atoms with Crippen LogP contribution in [0.15, 0.2) is 47.6 Å². The number of guanidine groups is 1. The minimum absolute atomic E-state index is 0.462. The van der Waals surface area contributed by atoms with E-state index in [1.165, 1.54) is 11.1 Å². The molecule has 0 aliphatic rings. The lowest BCUT2D eigenvalue weighted by molar-refractivity contribution is 0.414. The Labute approximate surface area is 162 Å². The van der Waals surface area contributed by atoms with Crippen LogP contribution >= 0.6 is 0 Å². The predicted octanol–water partition coefficient (Wildman–Crippen LogP) is 3.02. The van der Waals surface area contributed by atoms with Gasteiger partial charge in [-0.1, -0.05) is 19.1 Å². The van der Waals surface area contributed by atoms with Crippen LogP contribution in [0.25, 0.3) is 0 Å². The van der Waals surface area contributed by atoms with Gasteiger partial charge in [-0.25, -0.2) is 4.98 Å². The van der Waals surface area contributed by atoms with Gasteiger partial charge < -0.3 is 20.3 Å². The molecule has 0 saturated heterocycles. The molecule has 1 heterocycles. The van der Waals surface area contributed by atoms with Gasteiger partial charge in [-0.15, -0.1) is 0 Å². The number of methoxy groups -OCH3 is 1. The zero-order chi connectivity index (χ0) is 19.6. The van der Waals surface area contributed by atoms with Gasteiger partial charge in [-0.3, -0.25) is 4.99 Å². The molecule has 0 radical (unpaired) electrons. The second-order valence-electron chi connectivity index (χ2n) is 6.73. The molecule has 27 heavy (non-hydrogen) atoms. The summed E-state index contributed by atoms with van der Waals surface area (Å²) in [5.74, 6) is 3.11. The molecule has 2 rings (SSSR count). The van der Waals surface area contributed by atoms with Gasteiger partial charge in [0.15, 0.2) is 5.96 Å². The van der Waals surface area contributed by atoms with Crippen molar-refractivity contribution >= 4 is 11.8 Å². The van der Waals surface area contributed by atoms with E-state index in [-0.39, 0.29) is 0 Å². The van der Waals surface area contributed by atoms with Crippen LogP contribution in [0.3, 0.4) is 0 Å². The summed E-state index contributed by atoms with van der Waals surface area (Å²) < 4.78 is 5.22. The second-order valence-corrected chi connectivity index (χ2v) is 6.73. The maximum Gasteiger partial charge on any atom is 0.191 e. The molecule has 0 spiro atoms. The maximum atomic E-state index is 5.22. The number of benzene rings is 1. The van der Waals surface area contributed by atoms with Crippen LogP contribution in [-0.4, -0.2) is 45.7 Å². The van der Waals surface area contributed by atoms with Crippen molar-refractivity contribution < 1.29 is 4.74 Å². The van der Waals surface area contributed by atoms with Gasteiger partial charge in [0.1, 0.15) is 11.6 Å². The summed E-state index contributed by atoms with van der Waals surface area (Å²) in [5.41, 5.74) is 2.48. The maximum absolute atomic E-state index is 5.22. The summed E-state index contributed by atoms with van der Waals surface area (Å²) in [5, 5.41) is 6.74. The van der Waals surface area contributed by atoms with E-state index >= 15 is 0 Å². The zero-order valence-electron chi connectivity index (χ0n) is 17.0. The predicted molar refractivity (Wildman–Crippen MR) is 113 cm³/mol. The van der Waals surface area contributed by atoms with Crippen molar-refractivity contribution in [1.29, 1.82) is 0 Å². The van der Waals surface area contributed by atoms with E-state index in [4.69, 9.17) is 4.74 Å². The van der Waals surface area contributed by atoms with E-state index in [9.17, 15) is 0 Å². The fourth-order valence-electron chi connectivity index (χ4n) is 2.73. The molecule has 0 bridgehead atoms. The molecule has 6 nitrogen and oxygen atoms in total. The number of aliphatic imine (C=N–C) groups is 1. The van der Waals surface area contributed by atoms with Gasteiger partial charge in [0.05, 0.1) is 7.11 Å². The third-order valence-electron chi connectivity index (χ3n) is 4.51. The summed E-state index contributed by atoms with van der Waals surface area (Å²) in [6, 6.07) is 12.4. The molecule has 0 aliphatic heterocycles. The number of nitrogens with one attached hydrogen (secondary N) is 2. The number of rotatable bonds is 8. The lowest BCUT2D eigenvalue weighted by Gasteiger charge is -2.16. The third-order valence-corrected chi connectivity index (χ3v) is 4.51. The molecule has 2 N–H and O–H groups in total. The van der Waals surface area contributed by atoms with E-state index in [0.717, 1.165) is 30.5 Å². The van der Waals surface area contributed by atoms with E-state index < -0.39 is 0 Å². The Balaban J connectivity index is 1.79. The van der Waals surface area contributed by atoms with Crippen molar-refractivity contribution in [2.75, 3.05) is 39.7 Å². The summed E-state index contributed by atoms with van der Waals surface area (Å²) in [4.78, 5) is 10.6. The monoisotopic (exact) mass is 369 g/mol. The Morgan fingerprint density at radius 1 is 1.19 bits per heavy atom. The van der Waals surface area contributed by atoms with Gasteiger partial charge in [-0.2, -0.15) is 0 Å². The number of ether oxygens (including phenoxy) is 1. The fraction of sp³-hybridized carbons (Fsp3) is 0.429. The van der Waals surface area contributed by atoms with Crippen LogP contribution < -0.4 is 20.3 Å². The van der Waals surface area contributed by atoms with E-state index in [2.05, 4.69) is 45.7 Å². The first-order valence-electron chi connectivity index (χ1n) is 9.24.